The monoisotopic (exact) mass is 263 g/mol. The van der Waals surface area contributed by atoms with Gasteiger partial charge in [-0.1, -0.05) is 12.1 Å². The van der Waals surface area contributed by atoms with Crippen LogP contribution in [0.4, 0.5) is 5.69 Å². The minimum absolute atomic E-state index is 0.0771. The number of carboxylic acid groups (broad SMARTS) is 1. The Morgan fingerprint density at radius 1 is 1.17 bits per heavy atom. The van der Waals surface area contributed by atoms with E-state index in [0.717, 1.165) is 0 Å². The van der Waals surface area contributed by atoms with E-state index in [1.165, 1.54) is 29.5 Å². The Morgan fingerprint density at radius 2 is 1.94 bits per heavy atom. The van der Waals surface area contributed by atoms with Crippen LogP contribution in [-0.4, -0.2) is 22.1 Å². The van der Waals surface area contributed by atoms with Crippen molar-refractivity contribution in [3.63, 3.8) is 0 Å². The molecule has 1 amide bonds. The SMILES string of the molecule is O=C(Nc1cccc(C(=O)O)c1O)c1cccs1. The first-order chi connectivity index (χ1) is 8.59. The van der Waals surface area contributed by atoms with Gasteiger partial charge < -0.3 is 15.5 Å². The Labute approximate surface area is 106 Å². The first-order valence-electron chi connectivity index (χ1n) is 4.99. The molecule has 0 fully saturated rings. The molecule has 3 N–H and O–H groups in total. The lowest BCUT2D eigenvalue weighted by Crippen LogP contribution is -2.11. The summed E-state index contributed by atoms with van der Waals surface area (Å²) in [7, 11) is 0. The molecule has 0 spiro atoms. The first kappa shape index (κ1) is 12.1. The number of rotatable bonds is 3. The summed E-state index contributed by atoms with van der Waals surface area (Å²) in [6.07, 6.45) is 0. The van der Waals surface area contributed by atoms with Gasteiger partial charge in [0.05, 0.1) is 10.6 Å². The Bertz CT molecular complexity index is 592. The molecule has 0 bridgehead atoms. The van der Waals surface area contributed by atoms with Gasteiger partial charge in [-0.2, -0.15) is 0 Å². The van der Waals surface area contributed by atoms with E-state index in [9.17, 15) is 14.7 Å². The molecule has 0 saturated carbocycles. The van der Waals surface area contributed by atoms with Crippen molar-refractivity contribution >= 4 is 28.9 Å². The highest BCUT2D eigenvalue weighted by Gasteiger charge is 2.15. The zero-order chi connectivity index (χ0) is 13.1. The van der Waals surface area contributed by atoms with E-state index in [0.29, 0.717) is 4.88 Å². The fraction of sp³-hybridized carbons (Fsp3) is 0. The van der Waals surface area contributed by atoms with Gasteiger partial charge >= 0.3 is 5.97 Å². The molecule has 0 aliphatic rings. The van der Waals surface area contributed by atoms with Crippen molar-refractivity contribution in [2.45, 2.75) is 0 Å². The van der Waals surface area contributed by atoms with Crippen LogP contribution in [0.3, 0.4) is 0 Å². The minimum atomic E-state index is -1.25. The molecule has 18 heavy (non-hydrogen) atoms. The molecule has 1 aromatic carbocycles. The maximum Gasteiger partial charge on any atom is 0.339 e. The van der Waals surface area contributed by atoms with Crippen molar-refractivity contribution < 1.29 is 19.8 Å². The largest absolute Gasteiger partial charge is 0.505 e. The molecule has 0 aliphatic carbocycles. The highest BCUT2D eigenvalue weighted by Crippen LogP contribution is 2.28. The summed E-state index contributed by atoms with van der Waals surface area (Å²) in [5.74, 6) is -2.09. The fourth-order valence-electron chi connectivity index (χ4n) is 1.41. The number of anilines is 1. The van der Waals surface area contributed by atoms with E-state index in [4.69, 9.17) is 5.11 Å². The van der Waals surface area contributed by atoms with Crippen molar-refractivity contribution in [3.05, 3.63) is 46.2 Å². The van der Waals surface area contributed by atoms with E-state index >= 15 is 0 Å². The smallest absolute Gasteiger partial charge is 0.339 e. The summed E-state index contributed by atoms with van der Waals surface area (Å²) in [5, 5.41) is 22.8. The van der Waals surface area contributed by atoms with E-state index in [-0.39, 0.29) is 17.2 Å². The second-order valence-electron chi connectivity index (χ2n) is 3.44. The Kier molecular flexibility index (Phi) is 3.29. The average Bonchev–Trinajstić information content (AvgIpc) is 2.85. The molecule has 1 aromatic heterocycles. The summed E-state index contributed by atoms with van der Waals surface area (Å²) in [5.41, 5.74) is -0.174. The number of thiophene rings is 1. The lowest BCUT2D eigenvalue weighted by molar-refractivity contribution is 0.0693. The highest BCUT2D eigenvalue weighted by atomic mass is 32.1. The molecule has 2 rings (SSSR count). The minimum Gasteiger partial charge on any atom is -0.505 e. The second-order valence-corrected chi connectivity index (χ2v) is 4.39. The predicted molar refractivity (Wildman–Crippen MR) is 67.3 cm³/mol. The van der Waals surface area contributed by atoms with Crippen molar-refractivity contribution in [1.29, 1.82) is 0 Å². The third-order valence-electron chi connectivity index (χ3n) is 2.26. The van der Waals surface area contributed by atoms with Crippen LogP contribution < -0.4 is 5.32 Å². The van der Waals surface area contributed by atoms with Gasteiger partial charge in [0.25, 0.3) is 5.91 Å². The van der Waals surface area contributed by atoms with Crippen molar-refractivity contribution in [3.8, 4) is 5.75 Å². The fourth-order valence-corrected chi connectivity index (χ4v) is 2.03. The Morgan fingerprint density at radius 3 is 2.56 bits per heavy atom. The standard InChI is InChI=1S/C12H9NO4S/c14-10-7(12(16)17)3-1-4-8(10)13-11(15)9-5-2-6-18-9/h1-6,14H,(H,13,15)(H,16,17). The lowest BCUT2D eigenvalue weighted by Gasteiger charge is -2.07. The summed E-state index contributed by atoms with van der Waals surface area (Å²) in [6, 6.07) is 7.52. The molecule has 0 radical (unpaired) electrons. The molecule has 0 saturated heterocycles. The highest BCUT2D eigenvalue weighted by molar-refractivity contribution is 7.12. The zero-order valence-electron chi connectivity index (χ0n) is 9.08. The summed E-state index contributed by atoms with van der Waals surface area (Å²) in [4.78, 5) is 23.0. The van der Waals surface area contributed by atoms with Crippen LogP contribution in [0.25, 0.3) is 0 Å². The molecule has 0 atom stereocenters. The van der Waals surface area contributed by atoms with E-state index in [2.05, 4.69) is 5.32 Å². The second kappa shape index (κ2) is 4.89. The van der Waals surface area contributed by atoms with Crippen LogP contribution in [0.1, 0.15) is 20.0 Å². The zero-order valence-corrected chi connectivity index (χ0v) is 9.90. The molecular formula is C12H9NO4S. The van der Waals surface area contributed by atoms with Gasteiger partial charge in [-0.15, -0.1) is 11.3 Å². The van der Waals surface area contributed by atoms with Crippen LogP contribution in [0.15, 0.2) is 35.7 Å². The third kappa shape index (κ3) is 2.33. The number of aromatic hydroxyl groups is 1. The lowest BCUT2D eigenvalue weighted by atomic mass is 10.1. The summed E-state index contributed by atoms with van der Waals surface area (Å²) < 4.78 is 0. The van der Waals surface area contributed by atoms with Gasteiger partial charge in [0, 0.05) is 0 Å². The van der Waals surface area contributed by atoms with Crippen molar-refractivity contribution in [2.24, 2.45) is 0 Å². The van der Waals surface area contributed by atoms with E-state index < -0.39 is 11.7 Å². The molecule has 1 heterocycles. The number of amides is 1. The van der Waals surface area contributed by atoms with Gasteiger partial charge in [0.15, 0.2) is 5.75 Å². The van der Waals surface area contributed by atoms with E-state index in [1.54, 1.807) is 17.5 Å². The molecule has 5 nitrogen and oxygen atoms in total. The van der Waals surface area contributed by atoms with Gasteiger partial charge in [-0.05, 0) is 23.6 Å². The van der Waals surface area contributed by atoms with Crippen LogP contribution >= 0.6 is 11.3 Å². The molecule has 92 valence electrons. The summed E-state index contributed by atoms with van der Waals surface area (Å²) >= 11 is 1.26. The van der Waals surface area contributed by atoms with Crippen LogP contribution in [0.2, 0.25) is 0 Å². The number of phenols is 1. The number of hydrogen-bond donors (Lipinski definition) is 3. The Hall–Kier alpha value is -2.34. The quantitative estimate of drug-likeness (QED) is 0.742. The van der Waals surface area contributed by atoms with Crippen molar-refractivity contribution in [1.82, 2.24) is 0 Å². The number of carboxylic acids is 1. The molecule has 0 unspecified atom stereocenters. The maximum atomic E-state index is 11.7. The van der Waals surface area contributed by atoms with E-state index in [1.807, 2.05) is 0 Å². The topological polar surface area (TPSA) is 86.6 Å². The molecule has 2 aromatic rings. The number of aromatic carboxylic acids is 1. The normalized spacial score (nSPS) is 10.0. The van der Waals surface area contributed by atoms with Gasteiger partial charge in [-0.3, -0.25) is 4.79 Å². The predicted octanol–water partition coefficient (Wildman–Crippen LogP) is 2.40. The van der Waals surface area contributed by atoms with Gasteiger partial charge in [-0.25, -0.2) is 4.79 Å². The molecule has 6 heteroatoms. The summed E-state index contributed by atoms with van der Waals surface area (Å²) in [6.45, 7) is 0. The van der Waals surface area contributed by atoms with Crippen molar-refractivity contribution in [2.75, 3.05) is 5.32 Å². The van der Waals surface area contributed by atoms with Crippen LogP contribution in [0.5, 0.6) is 5.75 Å². The number of benzene rings is 1. The number of para-hydroxylation sites is 1. The van der Waals surface area contributed by atoms with Gasteiger partial charge in [0.1, 0.15) is 5.56 Å². The third-order valence-corrected chi connectivity index (χ3v) is 3.13. The Balaban J connectivity index is 2.27. The number of nitrogens with one attached hydrogen (secondary N) is 1. The van der Waals surface area contributed by atoms with Crippen LogP contribution in [0, 0.1) is 0 Å². The maximum absolute atomic E-state index is 11.7. The average molecular weight is 263 g/mol. The number of carbonyl (C=O) groups is 2. The molecule has 0 aliphatic heterocycles. The number of carbonyl (C=O) groups excluding carboxylic acids is 1. The first-order valence-corrected chi connectivity index (χ1v) is 5.87. The van der Waals surface area contributed by atoms with Crippen LogP contribution in [-0.2, 0) is 0 Å². The molecular weight excluding hydrogens is 254 g/mol. The van der Waals surface area contributed by atoms with Gasteiger partial charge in [0.2, 0.25) is 0 Å². The number of hydrogen-bond acceptors (Lipinski definition) is 4.